The van der Waals surface area contributed by atoms with Crippen molar-refractivity contribution in [3.05, 3.63) is 76.4 Å². The number of rotatable bonds is 24. The standard InChI is InChI=1S/C45H54O20/c1-50-29-13-25(14-30(51-2)37(29)58-9)41(46)62-21-45(22-63-42(47)26-15-31(52-3)38(59-10)32(16-26)53-4,23-64-43(48)27-17-33(54-5)39(60-11)34(18-27)55-6)24-65-44(49)28-19-35(56-7)40(61-12)36(20-28)57-8/h13-19,28H,20-24H2,1-12H3. The summed E-state index contributed by atoms with van der Waals surface area (Å²) in [6.07, 6.45) is 1.51. The lowest BCUT2D eigenvalue weighted by Gasteiger charge is -2.32. The maximum atomic E-state index is 14.0. The Morgan fingerprint density at radius 1 is 0.431 bits per heavy atom. The highest BCUT2D eigenvalue weighted by atomic mass is 16.6. The quantitative estimate of drug-likeness (QED) is 0.0832. The summed E-state index contributed by atoms with van der Waals surface area (Å²) < 4.78 is 88.6. The van der Waals surface area contributed by atoms with E-state index in [9.17, 15) is 19.2 Å². The third kappa shape index (κ3) is 11.6. The van der Waals surface area contributed by atoms with E-state index in [1.165, 1.54) is 128 Å². The van der Waals surface area contributed by atoms with Crippen LogP contribution in [-0.4, -0.2) is 136 Å². The largest absolute Gasteiger partial charge is 0.497 e. The summed E-state index contributed by atoms with van der Waals surface area (Å²) in [7, 11) is 16.6. The lowest BCUT2D eigenvalue weighted by atomic mass is 9.91. The number of benzene rings is 3. The van der Waals surface area contributed by atoms with Crippen LogP contribution in [0.5, 0.6) is 51.7 Å². The summed E-state index contributed by atoms with van der Waals surface area (Å²) in [6, 6.07) is 8.16. The summed E-state index contributed by atoms with van der Waals surface area (Å²) in [5.41, 5.74) is -1.94. The van der Waals surface area contributed by atoms with Gasteiger partial charge in [0.15, 0.2) is 46.0 Å². The number of allylic oxidation sites excluding steroid dienone is 1. The zero-order valence-electron chi connectivity index (χ0n) is 38.3. The van der Waals surface area contributed by atoms with E-state index in [1.54, 1.807) is 0 Å². The maximum Gasteiger partial charge on any atom is 0.338 e. The van der Waals surface area contributed by atoms with Gasteiger partial charge in [-0.25, -0.2) is 14.4 Å². The van der Waals surface area contributed by atoms with Gasteiger partial charge in [-0.05, 0) is 42.5 Å². The number of methoxy groups -OCH3 is 12. The van der Waals surface area contributed by atoms with Gasteiger partial charge in [0, 0.05) is 6.42 Å². The molecule has 3 aromatic rings. The molecule has 0 radical (unpaired) electrons. The molecule has 0 saturated carbocycles. The first-order chi connectivity index (χ1) is 31.3. The Bertz CT molecular complexity index is 1980. The molecular formula is C45H54O20. The molecule has 0 spiro atoms. The first-order valence-electron chi connectivity index (χ1n) is 19.4. The predicted molar refractivity (Wildman–Crippen MR) is 227 cm³/mol. The Labute approximate surface area is 375 Å². The fraction of sp³-hybridized carbons (Fsp3) is 0.422. The average molecular weight is 915 g/mol. The highest BCUT2D eigenvalue weighted by Crippen LogP contribution is 2.41. The lowest BCUT2D eigenvalue weighted by molar-refractivity contribution is -0.155. The molecule has 1 aliphatic carbocycles. The van der Waals surface area contributed by atoms with Crippen LogP contribution in [0.3, 0.4) is 0 Å². The van der Waals surface area contributed by atoms with Gasteiger partial charge in [0.25, 0.3) is 0 Å². The van der Waals surface area contributed by atoms with Gasteiger partial charge in [0.05, 0.1) is 108 Å². The number of hydrogen-bond donors (Lipinski definition) is 0. The van der Waals surface area contributed by atoms with Gasteiger partial charge in [-0.2, -0.15) is 0 Å². The second kappa shape index (κ2) is 23.3. The molecule has 1 atom stereocenters. The van der Waals surface area contributed by atoms with Gasteiger partial charge in [0.2, 0.25) is 17.2 Å². The molecule has 0 saturated heterocycles. The van der Waals surface area contributed by atoms with E-state index in [4.69, 9.17) is 75.8 Å². The molecule has 1 aliphatic rings. The number of ether oxygens (including phenoxy) is 16. The molecule has 354 valence electrons. The number of carbonyl (C=O) groups is 4. The topological polar surface area (TPSA) is 216 Å². The maximum absolute atomic E-state index is 14.0. The van der Waals surface area contributed by atoms with Crippen LogP contribution < -0.4 is 42.6 Å². The van der Waals surface area contributed by atoms with Gasteiger partial charge < -0.3 is 75.8 Å². The Balaban J connectivity index is 1.81. The van der Waals surface area contributed by atoms with Crippen LogP contribution >= 0.6 is 0 Å². The van der Waals surface area contributed by atoms with Gasteiger partial charge in [-0.3, -0.25) is 4.79 Å². The van der Waals surface area contributed by atoms with Crippen molar-refractivity contribution in [2.45, 2.75) is 6.42 Å². The SMILES string of the molecule is COC1=CC(C(=O)OCC(COC(=O)c2cc(OC)c(OC)c(OC)c2)(COC(=O)c2cc(OC)c(OC)c(OC)c2)COC(=O)c2cc(OC)c(OC)c(OC)c2)CC(OC)=C1OC. The fourth-order valence-corrected chi connectivity index (χ4v) is 6.53. The summed E-state index contributed by atoms with van der Waals surface area (Å²) in [5, 5.41) is 0. The molecule has 4 rings (SSSR count). The van der Waals surface area contributed by atoms with E-state index in [-0.39, 0.29) is 86.4 Å². The molecule has 0 N–H and O–H groups in total. The Morgan fingerprint density at radius 2 is 0.754 bits per heavy atom. The first-order valence-corrected chi connectivity index (χ1v) is 19.4. The minimum atomic E-state index is -1.82. The highest BCUT2D eigenvalue weighted by molar-refractivity contribution is 5.93. The van der Waals surface area contributed by atoms with Crippen LogP contribution in [0.1, 0.15) is 37.5 Å². The highest BCUT2D eigenvalue weighted by Gasteiger charge is 2.40. The summed E-state index contributed by atoms with van der Waals surface area (Å²) >= 11 is 0. The second-order valence-electron chi connectivity index (χ2n) is 13.8. The summed E-state index contributed by atoms with van der Waals surface area (Å²) in [6.45, 7) is -2.69. The number of hydrogen-bond acceptors (Lipinski definition) is 20. The Morgan fingerprint density at radius 3 is 1.02 bits per heavy atom. The number of esters is 4. The van der Waals surface area contributed by atoms with E-state index in [1.807, 2.05) is 0 Å². The van der Waals surface area contributed by atoms with Crippen molar-refractivity contribution >= 4 is 23.9 Å². The minimum absolute atomic E-state index is 0.0146. The molecular weight excluding hydrogens is 860 g/mol. The monoisotopic (exact) mass is 914 g/mol. The van der Waals surface area contributed by atoms with Crippen molar-refractivity contribution in [2.24, 2.45) is 11.3 Å². The van der Waals surface area contributed by atoms with Crippen molar-refractivity contribution in [1.29, 1.82) is 0 Å². The molecule has 20 heteroatoms. The molecule has 20 nitrogen and oxygen atoms in total. The van der Waals surface area contributed by atoms with E-state index in [0.29, 0.717) is 5.76 Å². The minimum Gasteiger partial charge on any atom is -0.497 e. The molecule has 65 heavy (non-hydrogen) atoms. The van der Waals surface area contributed by atoms with Crippen molar-refractivity contribution in [3.63, 3.8) is 0 Å². The third-order valence-corrected chi connectivity index (χ3v) is 9.96. The van der Waals surface area contributed by atoms with Crippen LogP contribution in [-0.2, 0) is 38.0 Å². The van der Waals surface area contributed by atoms with Gasteiger partial charge in [0.1, 0.15) is 37.6 Å². The Hall–Kier alpha value is -7.38. The summed E-state index contributed by atoms with van der Waals surface area (Å²) in [4.78, 5) is 55.7. The molecule has 0 aliphatic heterocycles. The molecule has 1 unspecified atom stereocenters. The summed E-state index contributed by atoms with van der Waals surface area (Å²) in [5.74, 6) is -2.22. The molecule has 0 aromatic heterocycles. The molecule has 0 fully saturated rings. The zero-order chi connectivity index (χ0) is 47.8. The predicted octanol–water partition coefficient (Wildman–Crippen LogP) is 5.22. The molecule has 0 amide bonds. The van der Waals surface area contributed by atoms with E-state index >= 15 is 0 Å². The van der Waals surface area contributed by atoms with Crippen molar-refractivity contribution < 1.29 is 95.0 Å². The van der Waals surface area contributed by atoms with Gasteiger partial charge >= 0.3 is 23.9 Å². The lowest BCUT2D eigenvalue weighted by Crippen LogP contribution is -2.44. The zero-order valence-corrected chi connectivity index (χ0v) is 38.3. The van der Waals surface area contributed by atoms with Crippen LogP contribution in [0, 0.1) is 11.3 Å². The number of carbonyl (C=O) groups excluding carboxylic acids is 4. The fourth-order valence-electron chi connectivity index (χ4n) is 6.53. The van der Waals surface area contributed by atoms with E-state index in [0.717, 1.165) is 0 Å². The van der Waals surface area contributed by atoms with E-state index < -0.39 is 61.6 Å². The molecule has 0 bridgehead atoms. The molecule has 0 heterocycles. The van der Waals surface area contributed by atoms with Crippen LogP contribution in [0.15, 0.2) is 59.8 Å². The van der Waals surface area contributed by atoms with Crippen molar-refractivity contribution in [3.8, 4) is 51.7 Å². The van der Waals surface area contributed by atoms with E-state index in [2.05, 4.69) is 0 Å². The Kier molecular flexibility index (Phi) is 18.1. The van der Waals surface area contributed by atoms with Crippen LogP contribution in [0.25, 0.3) is 0 Å². The first kappa shape index (κ1) is 50.3. The van der Waals surface area contributed by atoms with Crippen LogP contribution in [0.4, 0.5) is 0 Å². The van der Waals surface area contributed by atoms with Crippen molar-refractivity contribution in [1.82, 2.24) is 0 Å². The third-order valence-electron chi connectivity index (χ3n) is 9.96. The second-order valence-corrected chi connectivity index (χ2v) is 13.8. The van der Waals surface area contributed by atoms with Gasteiger partial charge in [-0.15, -0.1) is 0 Å². The van der Waals surface area contributed by atoms with Crippen molar-refractivity contribution in [2.75, 3.05) is 112 Å². The normalized spacial score (nSPS) is 13.2. The smallest absolute Gasteiger partial charge is 0.338 e. The van der Waals surface area contributed by atoms with Gasteiger partial charge in [-0.1, -0.05) is 0 Å². The van der Waals surface area contributed by atoms with Crippen LogP contribution in [0.2, 0.25) is 0 Å². The molecule has 3 aromatic carbocycles. The average Bonchev–Trinajstić information content (AvgIpc) is 3.35.